The molecule has 0 fully saturated rings. The maximum Gasteiger partial charge on any atom is 0.387 e. The summed E-state index contributed by atoms with van der Waals surface area (Å²) in [6.45, 7) is -1.17. The Bertz CT molecular complexity index is 886. The first-order valence-electron chi connectivity index (χ1n) is 8.11. The molecule has 27 heavy (non-hydrogen) atoms. The fourth-order valence-corrected chi connectivity index (χ4v) is 2.98. The van der Waals surface area contributed by atoms with Gasteiger partial charge in [0.05, 0.1) is 10.9 Å². The summed E-state index contributed by atoms with van der Waals surface area (Å²) in [7, 11) is -3.75. The zero-order chi connectivity index (χ0) is 20.0. The van der Waals surface area contributed by atoms with E-state index in [0.29, 0.717) is 12.0 Å². The second-order valence-corrected chi connectivity index (χ2v) is 7.49. The van der Waals surface area contributed by atoms with Crippen molar-refractivity contribution in [2.24, 2.45) is 5.14 Å². The predicted octanol–water partition coefficient (Wildman–Crippen LogP) is 2.75. The fourth-order valence-electron chi connectivity index (χ4n) is 2.46. The average molecular weight is 398 g/mol. The zero-order valence-corrected chi connectivity index (χ0v) is 15.4. The highest BCUT2D eigenvalue weighted by molar-refractivity contribution is 7.89. The van der Waals surface area contributed by atoms with Crippen LogP contribution >= 0.6 is 0 Å². The van der Waals surface area contributed by atoms with Crippen molar-refractivity contribution in [3.63, 3.8) is 0 Å². The van der Waals surface area contributed by atoms with E-state index in [4.69, 9.17) is 5.14 Å². The SMILES string of the molecule is CC(NC(=O)CCc1ccc(S(N)(=O)=O)cc1)c1cccc(OC(F)F)c1. The molecule has 0 aliphatic rings. The number of halogens is 2. The number of benzene rings is 2. The van der Waals surface area contributed by atoms with Gasteiger partial charge in [0.2, 0.25) is 15.9 Å². The molecule has 2 aromatic carbocycles. The number of amides is 1. The van der Waals surface area contributed by atoms with Gasteiger partial charge in [-0.15, -0.1) is 0 Å². The van der Waals surface area contributed by atoms with Crippen LogP contribution in [0.4, 0.5) is 8.78 Å². The highest BCUT2D eigenvalue weighted by atomic mass is 32.2. The lowest BCUT2D eigenvalue weighted by molar-refractivity contribution is -0.121. The first-order chi connectivity index (χ1) is 12.6. The number of carbonyl (C=O) groups excluding carboxylic acids is 1. The number of nitrogens with two attached hydrogens (primary N) is 1. The molecule has 0 aliphatic heterocycles. The largest absolute Gasteiger partial charge is 0.435 e. The van der Waals surface area contributed by atoms with Crippen LogP contribution in [0.5, 0.6) is 5.75 Å². The highest BCUT2D eigenvalue weighted by Gasteiger charge is 2.12. The van der Waals surface area contributed by atoms with E-state index in [1.165, 1.54) is 24.3 Å². The number of nitrogens with one attached hydrogen (secondary N) is 1. The third kappa shape index (κ3) is 6.61. The molecule has 0 radical (unpaired) electrons. The summed E-state index contributed by atoms with van der Waals surface area (Å²) >= 11 is 0. The molecule has 1 amide bonds. The summed E-state index contributed by atoms with van der Waals surface area (Å²) < 4.78 is 51.3. The minimum Gasteiger partial charge on any atom is -0.435 e. The number of alkyl halides is 2. The minimum atomic E-state index is -3.75. The van der Waals surface area contributed by atoms with E-state index in [1.807, 2.05) is 0 Å². The van der Waals surface area contributed by atoms with E-state index >= 15 is 0 Å². The van der Waals surface area contributed by atoms with Crippen LogP contribution in [0.3, 0.4) is 0 Å². The summed E-state index contributed by atoms with van der Waals surface area (Å²) in [6.07, 6.45) is 0.601. The third-order valence-corrected chi connectivity index (χ3v) is 4.78. The minimum absolute atomic E-state index is 0.00946. The molecule has 0 aliphatic carbocycles. The summed E-state index contributed by atoms with van der Waals surface area (Å²) in [5.74, 6) is -0.197. The van der Waals surface area contributed by atoms with Gasteiger partial charge in [-0.25, -0.2) is 13.6 Å². The van der Waals surface area contributed by atoms with Gasteiger partial charge in [0, 0.05) is 6.42 Å². The monoisotopic (exact) mass is 398 g/mol. The van der Waals surface area contributed by atoms with Crippen molar-refractivity contribution in [2.45, 2.75) is 37.3 Å². The lowest BCUT2D eigenvalue weighted by Crippen LogP contribution is -2.26. The summed E-state index contributed by atoms with van der Waals surface area (Å²) in [6, 6.07) is 11.7. The van der Waals surface area contributed by atoms with E-state index in [-0.39, 0.29) is 29.0 Å². The van der Waals surface area contributed by atoms with Gasteiger partial charge in [0.25, 0.3) is 0 Å². The molecule has 6 nitrogen and oxygen atoms in total. The standard InChI is InChI=1S/C18H20F2N2O4S/c1-12(14-3-2-4-15(11-14)26-18(19)20)22-17(23)10-7-13-5-8-16(9-6-13)27(21,24)25/h2-6,8-9,11-12,18H,7,10H2,1H3,(H,22,23)(H2,21,24,25). The first kappa shape index (κ1) is 20.8. The van der Waals surface area contributed by atoms with Gasteiger partial charge < -0.3 is 10.1 Å². The van der Waals surface area contributed by atoms with Gasteiger partial charge >= 0.3 is 6.61 Å². The van der Waals surface area contributed by atoms with Gasteiger partial charge in [0.1, 0.15) is 5.75 Å². The van der Waals surface area contributed by atoms with Crippen LogP contribution in [0.25, 0.3) is 0 Å². The van der Waals surface area contributed by atoms with Crippen molar-refractivity contribution in [2.75, 3.05) is 0 Å². The van der Waals surface area contributed by atoms with Crippen LogP contribution in [-0.4, -0.2) is 20.9 Å². The quantitative estimate of drug-likeness (QED) is 0.714. The lowest BCUT2D eigenvalue weighted by atomic mass is 10.1. The van der Waals surface area contributed by atoms with Crippen molar-refractivity contribution in [1.29, 1.82) is 0 Å². The molecule has 0 spiro atoms. The Labute approximate surface area is 156 Å². The molecule has 0 saturated heterocycles. The number of ether oxygens (including phenoxy) is 1. The molecule has 3 N–H and O–H groups in total. The van der Waals surface area contributed by atoms with E-state index in [9.17, 15) is 22.0 Å². The third-order valence-electron chi connectivity index (χ3n) is 3.85. The number of carbonyl (C=O) groups is 1. The van der Waals surface area contributed by atoms with Crippen molar-refractivity contribution in [3.8, 4) is 5.75 Å². The Morgan fingerprint density at radius 1 is 1.19 bits per heavy atom. The van der Waals surface area contributed by atoms with Gasteiger partial charge in [-0.05, 0) is 48.7 Å². The normalized spacial score (nSPS) is 12.6. The van der Waals surface area contributed by atoms with E-state index in [1.54, 1.807) is 31.2 Å². The molecule has 9 heteroatoms. The Hall–Kier alpha value is -2.52. The first-order valence-corrected chi connectivity index (χ1v) is 9.65. The van der Waals surface area contributed by atoms with E-state index in [2.05, 4.69) is 10.1 Å². The molecule has 2 aromatic rings. The number of aryl methyl sites for hydroxylation is 1. The summed E-state index contributed by atoms with van der Waals surface area (Å²) in [5.41, 5.74) is 1.43. The maximum absolute atomic E-state index is 12.3. The molecule has 0 bridgehead atoms. The van der Waals surface area contributed by atoms with Crippen LogP contribution < -0.4 is 15.2 Å². The van der Waals surface area contributed by atoms with Crippen molar-refractivity contribution >= 4 is 15.9 Å². The molecule has 0 heterocycles. The van der Waals surface area contributed by atoms with E-state index < -0.39 is 16.6 Å². The molecule has 1 unspecified atom stereocenters. The van der Waals surface area contributed by atoms with Crippen LogP contribution in [0.1, 0.15) is 30.5 Å². The molecule has 1 atom stereocenters. The van der Waals surface area contributed by atoms with E-state index in [0.717, 1.165) is 5.56 Å². The maximum atomic E-state index is 12.3. The topological polar surface area (TPSA) is 98.5 Å². The number of rotatable bonds is 8. The smallest absolute Gasteiger partial charge is 0.387 e. The molecule has 2 rings (SSSR count). The van der Waals surface area contributed by atoms with Crippen LogP contribution in [0.2, 0.25) is 0 Å². The summed E-state index contributed by atoms with van der Waals surface area (Å²) in [5, 5.41) is 7.82. The predicted molar refractivity (Wildman–Crippen MR) is 95.8 cm³/mol. The van der Waals surface area contributed by atoms with Crippen LogP contribution in [0, 0.1) is 0 Å². The second kappa shape index (κ2) is 8.92. The zero-order valence-electron chi connectivity index (χ0n) is 14.6. The summed E-state index contributed by atoms with van der Waals surface area (Å²) in [4.78, 5) is 12.1. The van der Waals surface area contributed by atoms with Gasteiger partial charge in [-0.2, -0.15) is 8.78 Å². The Kier molecular flexibility index (Phi) is 6.86. The van der Waals surface area contributed by atoms with Crippen LogP contribution in [-0.2, 0) is 21.2 Å². The fraction of sp³-hybridized carbons (Fsp3) is 0.278. The molecule has 146 valence electrons. The molecule has 0 saturated carbocycles. The second-order valence-electron chi connectivity index (χ2n) is 5.93. The van der Waals surface area contributed by atoms with Gasteiger partial charge in [0.15, 0.2) is 0 Å². The van der Waals surface area contributed by atoms with Gasteiger partial charge in [-0.1, -0.05) is 24.3 Å². The molecular formula is C18H20F2N2O4S. The molecular weight excluding hydrogens is 378 g/mol. The van der Waals surface area contributed by atoms with Crippen molar-refractivity contribution in [3.05, 3.63) is 59.7 Å². The number of hydrogen-bond donors (Lipinski definition) is 2. The Morgan fingerprint density at radius 3 is 2.44 bits per heavy atom. The lowest BCUT2D eigenvalue weighted by Gasteiger charge is -2.15. The van der Waals surface area contributed by atoms with Gasteiger partial charge in [-0.3, -0.25) is 4.79 Å². The van der Waals surface area contributed by atoms with Crippen LogP contribution in [0.15, 0.2) is 53.4 Å². The van der Waals surface area contributed by atoms with Crippen molar-refractivity contribution in [1.82, 2.24) is 5.32 Å². The van der Waals surface area contributed by atoms with Crippen molar-refractivity contribution < 1.29 is 26.7 Å². The highest BCUT2D eigenvalue weighted by Crippen LogP contribution is 2.21. The number of sulfonamides is 1. The Morgan fingerprint density at radius 2 is 1.85 bits per heavy atom. The molecule has 0 aromatic heterocycles. The number of hydrogen-bond acceptors (Lipinski definition) is 4. The Balaban J connectivity index is 1.90. The average Bonchev–Trinajstić information content (AvgIpc) is 2.59. The number of primary sulfonamides is 1.